The molecule has 0 aromatic rings. The molecule has 6 aliphatic rings. The van der Waals surface area contributed by atoms with Crippen molar-refractivity contribution in [1.82, 2.24) is 0 Å². The van der Waals surface area contributed by atoms with Crippen LogP contribution in [0.5, 0.6) is 0 Å². The second-order valence-electron chi connectivity index (χ2n) is 11.5. The highest BCUT2D eigenvalue weighted by molar-refractivity contribution is 5.68. The minimum absolute atomic E-state index is 0.0433. The van der Waals surface area contributed by atoms with Gasteiger partial charge in [-0.1, -0.05) is 19.9 Å². The molecule has 5 fully saturated rings. The molecule has 0 aromatic heterocycles. The first kappa shape index (κ1) is 21.2. The van der Waals surface area contributed by atoms with Crippen molar-refractivity contribution in [2.45, 2.75) is 78.2 Å². The second-order valence-corrected chi connectivity index (χ2v) is 11.5. The van der Waals surface area contributed by atoms with Crippen molar-refractivity contribution in [2.24, 2.45) is 34.0 Å². The van der Waals surface area contributed by atoms with Crippen molar-refractivity contribution in [1.29, 1.82) is 0 Å². The average Bonchev–Trinajstić information content (AvgIpc) is 2.69. The highest BCUT2D eigenvalue weighted by Gasteiger charge is 2.71. The van der Waals surface area contributed by atoms with Gasteiger partial charge in [0.05, 0.1) is 5.41 Å². The molecular weight excluding hydrogens is 390 g/mol. The molecule has 7 atom stereocenters. The molecule has 31 heavy (non-hydrogen) atoms. The number of carbonyl (C=O) groups is 2. The van der Waals surface area contributed by atoms with Gasteiger partial charge in [0.2, 0.25) is 0 Å². The Kier molecular flexibility index (Phi) is 4.91. The number of hydrogen-bond acceptors (Lipinski definition) is 4. The summed E-state index contributed by atoms with van der Waals surface area (Å²) in [6.45, 7) is 12.2. The Bertz CT molecular complexity index is 848. The molecule has 5 saturated carbocycles. The van der Waals surface area contributed by atoms with Crippen molar-refractivity contribution in [3.8, 4) is 0 Å². The molecule has 4 bridgehead atoms. The third-order valence-electron chi connectivity index (χ3n) is 9.91. The number of fused-ring (bicyclic) bond motifs is 2. The van der Waals surface area contributed by atoms with E-state index in [1.165, 1.54) is 51.0 Å². The van der Waals surface area contributed by atoms with E-state index < -0.39 is 0 Å². The molecule has 0 unspecified atom stereocenters. The summed E-state index contributed by atoms with van der Waals surface area (Å²) in [7, 11) is 0. The van der Waals surface area contributed by atoms with Crippen LogP contribution in [0.2, 0.25) is 0 Å². The quantitative estimate of drug-likeness (QED) is 0.384. The van der Waals surface area contributed by atoms with E-state index in [2.05, 4.69) is 24.3 Å². The number of ether oxygens (including phenoxy) is 2. The monoisotopic (exact) mass is 428 g/mol. The molecule has 5 aliphatic carbocycles. The Hall–Kier alpha value is -1.65. The summed E-state index contributed by atoms with van der Waals surface area (Å²) in [6.07, 6.45) is 12.2. The third kappa shape index (κ3) is 3.05. The summed E-state index contributed by atoms with van der Waals surface area (Å²) in [5, 5.41) is 0. The van der Waals surface area contributed by atoms with Crippen LogP contribution in [0.15, 0.2) is 12.2 Å². The topological polar surface area (TPSA) is 55.6 Å². The van der Waals surface area contributed by atoms with E-state index in [0.717, 1.165) is 25.9 Å². The number of carbonyl (C=O) groups excluding carboxylic acids is 2. The van der Waals surface area contributed by atoms with Crippen molar-refractivity contribution >= 4 is 18.2 Å². The van der Waals surface area contributed by atoms with E-state index in [0.29, 0.717) is 29.8 Å². The number of esters is 2. The van der Waals surface area contributed by atoms with Gasteiger partial charge in [0, 0.05) is 24.7 Å². The Labute approximate surface area is 186 Å². The molecule has 1 heterocycles. The Morgan fingerprint density at radius 2 is 1.90 bits per heavy atom. The molecule has 0 N–H and O–H groups in total. The average molecular weight is 429 g/mol. The van der Waals surface area contributed by atoms with Gasteiger partial charge in [-0.05, 0) is 68.3 Å². The van der Waals surface area contributed by atoms with Crippen LogP contribution in [0.3, 0.4) is 0 Å². The number of rotatable bonds is 4. The van der Waals surface area contributed by atoms with E-state index in [-0.39, 0.29) is 28.9 Å². The second kappa shape index (κ2) is 7.18. The van der Waals surface area contributed by atoms with Gasteiger partial charge >= 0.3 is 11.9 Å². The van der Waals surface area contributed by atoms with Crippen LogP contribution < -0.4 is 0 Å². The summed E-state index contributed by atoms with van der Waals surface area (Å²) in [5.41, 5.74) is 1.68. The third-order valence-corrected chi connectivity index (χ3v) is 9.91. The predicted octanol–water partition coefficient (Wildman–Crippen LogP) is 4.14. The lowest BCUT2D eigenvalue weighted by Crippen LogP contribution is -2.69. The Morgan fingerprint density at radius 1 is 1.13 bits per heavy atom. The standard InChI is InChI=1S/C26H38NO4/c1-17-20-6-10-25(23(17)31-19(3)29)11-7-21-24(4)8-5-9-26(21,22(25)14-20)16-27(15-24)12-13-30-18(2)28/h16,20-23H,1,5-15H2,2-4H3/q+1/t20-,21+,22+,23+,24+,25-,26-/m1/s1. The predicted molar refractivity (Wildman–Crippen MR) is 118 cm³/mol. The molecule has 6 rings (SSSR count). The number of nitrogens with zero attached hydrogens (tertiary/aromatic N) is 1. The SMILES string of the molecule is C=C1[C@@H]2CC[C@]3(CC[C@H]4[C@@]5(C)CCC[C@]4(C=[N+](CCOC(C)=O)C5)[C@H]3C2)[C@H]1OC(C)=O. The Morgan fingerprint density at radius 3 is 2.65 bits per heavy atom. The van der Waals surface area contributed by atoms with Gasteiger partial charge in [-0.25, -0.2) is 4.58 Å². The van der Waals surface area contributed by atoms with Crippen molar-refractivity contribution in [2.75, 3.05) is 19.7 Å². The summed E-state index contributed by atoms with van der Waals surface area (Å²) in [5.74, 6) is 1.34. The van der Waals surface area contributed by atoms with Gasteiger partial charge in [-0.15, -0.1) is 0 Å². The molecule has 1 aliphatic heterocycles. The number of hydrogen-bond donors (Lipinski definition) is 0. The fourth-order valence-electron chi connectivity index (χ4n) is 9.01. The first-order chi connectivity index (χ1) is 14.7. The van der Waals surface area contributed by atoms with Gasteiger partial charge < -0.3 is 9.47 Å². The zero-order valence-corrected chi connectivity index (χ0v) is 19.5. The first-order valence-electron chi connectivity index (χ1n) is 12.3. The van der Waals surface area contributed by atoms with E-state index in [9.17, 15) is 9.59 Å². The first-order valence-corrected chi connectivity index (χ1v) is 12.3. The molecule has 0 radical (unpaired) electrons. The van der Waals surface area contributed by atoms with Crippen LogP contribution in [-0.4, -0.2) is 48.5 Å². The van der Waals surface area contributed by atoms with Crippen molar-refractivity contribution < 1.29 is 23.6 Å². The highest BCUT2D eigenvalue weighted by Crippen LogP contribution is 2.72. The highest BCUT2D eigenvalue weighted by atomic mass is 16.5. The van der Waals surface area contributed by atoms with Crippen LogP contribution in [0.1, 0.15) is 72.1 Å². The van der Waals surface area contributed by atoms with E-state index >= 15 is 0 Å². The summed E-state index contributed by atoms with van der Waals surface area (Å²) < 4.78 is 13.8. The van der Waals surface area contributed by atoms with Crippen LogP contribution in [0.4, 0.5) is 0 Å². The fraction of sp³-hybridized carbons (Fsp3) is 0.808. The van der Waals surface area contributed by atoms with Gasteiger partial charge in [-0.2, -0.15) is 0 Å². The summed E-state index contributed by atoms with van der Waals surface area (Å²) >= 11 is 0. The zero-order chi connectivity index (χ0) is 22.0. The van der Waals surface area contributed by atoms with Gasteiger partial charge in [0.1, 0.15) is 25.5 Å². The van der Waals surface area contributed by atoms with Gasteiger partial charge in [0.15, 0.2) is 6.54 Å². The van der Waals surface area contributed by atoms with E-state index in [1.807, 2.05) is 0 Å². The van der Waals surface area contributed by atoms with Crippen molar-refractivity contribution in [3.05, 3.63) is 12.2 Å². The van der Waals surface area contributed by atoms with Crippen LogP contribution in [-0.2, 0) is 19.1 Å². The molecule has 0 amide bonds. The maximum Gasteiger partial charge on any atom is 0.303 e. The minimum Gasteiger partial charge on any atom is -0.459 e. The largest absolute Gasteiger partial charge is 0.459 e. The van der Waals surface area contributed by atoms with Crippen molar-refractivity contribution in [3.63, 3.8) is 0 Å². The lowest BCUT2D eigenvalue weighted by Gasteiger charge is -2.69. The van der Waals surface area contributed by atoms with Crippen LogP contribution in [0.25, 0.3) is 0 Å². The smallest absolute Gasteiger partial charge is 0.303 e. The molecule has 170 valence electrons. The molecule has 0 saturated heterocycles. The Balaban J connectivity index is 1.55. The maximum atomic E-state index is 12.1. The minimum atomic E-state index is -0.205. The molecule has 1 spiro atoms. The summed E-state index contributed by atoms with van der Waals surface area (Å²) in [6, 6.07) is 0. The molecule has 0 aromatic carbocycles. The van der Waals surface area contributed by atoms with Crippen LogP contribution >= 0.6 is 0 Å². The fourth-order valence-corrected chi connectivity index (χ4v) is 9.01. The molecule has 5 heteroatoms. The maximum absolute atomic E-state index is 12.1. The van der Waals surface area contributed by atoms with Gasteiger partial charge in [0.25, 0.3) is 0 Å². The zero-order valence-electron chi connectivity index (χ0n) is 19.5. The summed E-state index contributed by atoms with van der Waals surface area (Å²) in [4.78, 5) is 23.4. The molecular formula is C26H38NO4+. The van der Waals surface area contributed by atoms with Crippen LogP contribution in [0, 0.1) is 34.0 Å². The van der Waals surface area contributed by atoms with Gasteiger partial charge in [-0.3, -0.25) is 9.59 Å². The lowest BCUT2D eigenvalue weighted by atomic mass is 9.35. The van der Waals surface area contributed by atoms with E-state index in [4.69, 9.17) is 9.47 Å². The lowest BCUT2D eigenvalue weighted by molar-refractivity contribution is -0.559. The van der Waals surface area contributed by atoms with E-state index in [1.54, 1.807) is 6.92 Å². The molecule has 5 nitrogen and oxygen atoms in total. The normalized spacial score (nSPS) is 45.3.